The van der Waals surface area contributed by atoms with Gasteiger partial charge in [0.2, 0.25) is 5.91 Å². The molecule has 4 heterocycles. The first kappa shape index (κ1) is 19.5. The van der Waals surface area contributed by atoms with Crippen molar-refractivity contribution in [3.63, 3.8) is 0 Å². The lowest BCUT2D eigenvalue weighted by Gasteiger charge is -2.33. The monoisotopic (exact) mass is 412 g/mol. The van der Waals surface area contributed by atoms with E-state index in [2.05, 4.69) is 20.3 Å². The van der Waals surface area contributed by atoms with Crippen LogP contribution in [0.2, 0.25) is 0 Å². The number of pyridine rings is 1. The molecule has 3 aromatic heterocycles. The van der Waals surface area contributed by atoms with Gasteiger partial charge in [0.15, 0.2) is 5.13 Å². The third kappa shape index (κ3) is 4.63. The SMILES string of the molecule is CCc1nccn1CC(=O)N1CCOC(c2cccc(Nc3ncc(C)s3)n2)C1. The Hall–Kier alpha value is -2.78. The van der Waals surface area contributed by atoms with Crippen molar-refractivity contribution in [3.8, 4) is 0 Å². The minimum atomic E-state index is -0.249. The summed E-state index contributed by atoms with van der Waals surface area (Å²) in [6.45, 7) is 5.92. The van der Waals surface area contributed by atoms with Gasteiger partial charge in [0.05, 0.1) is 18.8 Å². The molecule has 9 heteroatoms. The van der Waals surface area contributed by atoms with Crippen molar-refractivity contribution in [3.05, 3.63) is 53.2 Å². The van der Waals surface area contributed by atoms with Crippen LogP contribution < -0.4 is 5.32 Å². The van der Waals surface area contributed by atoms with Crippen molar-refractivity contribution in [1.82, 2.24) is 24.4 Å². The molecule has 1 atom stereocenters. The number of hydrogen-bond acceptors (Lipinski definition) is 7. The maximum absolute atomic E-state index is 12.8. The molecule has 0 bridgehead atoms. The smallest absolute Gasteiger partial charge is 0.242 e. The Balaban J connectivity index is 1.42. The summed E-state index contributed by atoms with van der Waals surface area (Å²) in [7, 11) is 0. The van der Waals surface area contributed by atoms with E-state index in [4.69, 9.17) is 4.74 Å². The van der Waals surface area contributed by atoms with Crippen LogP contribution in [0.4, 0.5) is 10.9 Å². The molecule has 8 nitrogen and oxygen atoms in total. The van der Waals surface area contributed by atoms with Gasteiger partial charge in [0.25, 0.3) is 0 Å². The lowest BCUT2D eigenvalue weighted by Crippen LogP contribution is -2.44. The molecule has 1 saturated heterocycles. The van der Waals surface area contributed by atoms with Gasteiger partial charge < -0.3 is 19.5 Å². The zero-order valence-corrected chi connectivity index (χ0v) is 17.4. The van der Waals surface area contributed by atoms with E-state index in [1.807, 2.05) is 53.9 Å². The zero-order valence-electron chi connectivity index (χ0n) is 16.5. The van der Waals surface area contributed by atoms with Gasteiger partial charge in [0, 0.05) is 36.4 Å². The summed E-state index contributed by atoms with van der Waals surface area (Å²) >= 11 is 1.58. The topological polar surface area (TPSA) is 85.2 Å². The Kier molecular flexibility index (Phi) is 5.86. The van der Waals surface area contributed by atoms with E-state index in [0.29, 0.717) is 26.2 Å². The van der Waals surface area contributed by atoms with Gasteiger partial charge >= 0.3 is 0 Å². The number of morpholine rings is 1. The zero-order chi connectivity index (χ0) is 20.2. The molecule has 0 spiro atoms. The molecule has 152 valence electrons. The number of thiazole rings is 1. The Labute approximate surface area is 173 Å². The predicted octanol–water partition coefficient (Wildman–Crippen LogP) is 2.95. The van der Waals surface area contributed by atoms with Gasteiger partial charge in [-0.1, -0.05) is 13.0 Å². The van der Waals surface area contributed by atoms with Crippen molar-refractivity contribution in [1.29, 1.82) is 0 Å². The third-order valence-corrected chi connectivity index (χ3v) is 5.63. The highest BCUT2D eigenvalue weighted by atomic mass is 32.1. The third-order valence-electron chi connectivity index (χ3n) is 4.80. The van der Waals surface area contributed by atoms with Gasteiger partial charge in [-0.3, -0.25) is 4.79 Å². The van der Waals surface area contributed by atoms with Crippen LogP contribution in [0.5, 0.6) is 0 Å². The van der Waals surface area contributed by atoms with E-state index in [0.717, 1.165) is 33.8 Å². The lowest BCUT2D eigenvalue weighted by molar-refractivity contribution is -0.139. The summed E-state index contributed by atoms with van der Waals surface area (Å²) in [6.07, 6.45) is 5.97. The van der Waals surface area contributed by atoms with Crippen LogP contribution >= 0.6 is 11.3 Å². The molecule has 1 N–H and O–H groups in total. The number of carbonyl (C=O) groups is 1. The second-order valence-electron chi connectivity index (χ2n) is 6.87. The average Bonchev–Trinajstić information content (AvgIpc) is 3.36. The number of aryl methyl sites for hydroxylation is 2. The first-order chi connectivity index (χ1) is 14.1. The molecule has 0 aromatic carbocycles. The molecule has 1 aliphatic rings. The van der Waals surface area contributed by atoms with Gasteiger partial charge in [-0.25, -0.2) is 15.0 Å². The standard InChI is InChI=1S/C20H24N6O2S/c1-3-18-21-7-8-25(18)13-19(27)26-9-10-28-16(12-26)15-5-4-6-17(23-15)24-20-22-11-14(2)29-20/h4-8,11,16H,3,9-10,12-13H2,1-2H3,(H,22,23,24). The first-order valence-electron chi connectivity index (χ1n) is 9.68. The number of nitrogens with one attached hydrogen (secondary N) is 1. The molecule has 0 aliphatic carbocycles. The quantitative estimate of drug-likeness (QED) is 0.670. The van der Waals surface area contributed by atoms with Crippen molar-refractivity contribution < 1.29 is 9.53 Å². The van der Waals surface area contributed by atoms with E-state index < -0.39 is 0 Å². The summed E-state index contributed by atoms with van der Waals surface area (Å²) in [4.78, 5) is 29.1. The molecule has 4 rings (SSSR count). The van der Waals surface area contributed by atoms with Crippen molar-refractivity contribution >= 4 is 28.2 Å². The van der Waals surface area contributed by atoms with Crippen LogP contribution in [-0.4, -0.2) is 50.0 Å². The number of aromatic nitrogens is 4. The highest BCUT2D eigenvalue weighted by Gasteiger charge is 2.26. The van der Waals surface area contributed by atoms with Gasteiger partial charge in [-0.2, -0.15) is 0 Å². The molecule has 0 saturated carbocycles. The summed E-state index contributed by atoms with van der Waals surface area (Å²) < 4.78 is 7.83. The van der Waals surface area contributed by atoms with E-state index in [9.17, 15) is 4.79 Å². The maximum atomic E-state index is 12.8. The number of hydrogen-bond donors (Lipinski definition) is 1. The number of imidazole rings is 1. The fourth-order valence-electron chi connectivity index (χ4n) is 3.32. The van der Waals surface area contributed by atoms with E-state index in [1.165, 1.54) is 0 Å². The van der Waals surface area contributed by atoms with Crippen molar-refractivity contribution in [2.24, 2.45) is 0 Å². The minimum absolute atomic E-state index is 0.0681. The predicted molar refractivity (Wildman–Crippen MR) is 111 cm³/mol. The van der Waals surface area contributed by atoms with Gasteiger partial charge in [-0.05, 0) is 19.1 Å². The fourth-order valence-corrected chi connectivity index (χ4v) is 3.99. The van der Waals surface area contributed by atoms with Crippen LogP contribution in [0.15, 0.2) is 36.8 Å². The second kappa shape index (κ2) is 8.71. The molecule has 1 aliphatic heterocycles. The number of anilines is 2. The summed E-state index contributed by atoms with van der Waals surface area (Å²) in [5.74, 6) is 1.70. The number of rotatable bonds is 6. The Morgan fingerprint density at radius 2 is 2.28 bits per heavy atom. The van der Waals surface area contributed by atoms with Gasteiger partial charge in [0.1, 0.15) is 24.3 Å². The summed E-state index contributed by atoms with van der Waals surface area (Å²) in [5.41, 5.74) is 0.803. The van der Waals surface area contributed by atoms with Crippen molar-refractivity contribution in [2.75, 3.05) is 25.0 Å². The average molecular weight is 413 g/mol. The molecule has 0 radical (unpaired) electrons. The number of nitrogens with zero attached hydrogens (tertiary/aromatic N) is 5. The lowest BCUT2D eigenvalue weighted by atomic mass is 10.2. The molecule has 1 unspecified atom stereocenters. The largest absolute Gasteiger partial charge is 0.368 e. The Morgan fingerprint density at radius 3 is 3.07 bits per heavy atom. The fraction of sp³-hybridized carbons (Fsp3) is 0.400. The maximum Gasteiger partial charge on any atom is 0.242 e. The number of ether oxygens (including phenoxy) is 1. The number of amides is 1. The molecule has 1 fully saturated rings. The van der Waals surface area contributed by atoms with E-state index >= 15 is 0 Å². The Morgan fingerprint density at radius 1 is 1.38 bits per heavy atom. The molecule has 29 heavy (non-hydrogen) atoms. The van der Waals surface area contributed by atoms with Crippen LogP contribution in [0.25, 0.3) is 0 Å². The molecule has 3 aromatic rings. The Bertz CT molecular complexity index is 985. The second-order valence-corrected chi connectivity index (χ2v) is 8.11. The highest BCUT2D eigenvalue weighted by molar-refractivity contribution is 7.15. The minimum Gasteiger partial charge on any atom is -0.368 e. The molecular formula is C20H24N6O2S. The molecular weight excluding hydrogens is 388 g/mol. The van der Waals surface area contributed by atoms with Gasteiger partial charge in [-0.15, -0.1) is 11.3 Å². The molecule has 1 amide bonds. The van der Waals surface area contributed by atoms with Crippen LogP contribution in [-0.2, 0) is 22.5 Å². The first-order valence-corrected chi connectivity index (χ1v) is 10.5. The highest BCUT2D eigenvalue weighted by Crippen LogP contribution is 2.25. The van der Waals surface area contributed by atoms with E-state index in [-0.39, 0.29) is 12.0 Å². The van der Waals surface area contributed by atoms with Crippen LogP contribution in [0, 0.1) is 6.92 Å². The van der Waals surface area contributed by atoms with E-state index in [1.54, 1.807) is 17.5 Å². The van der Waals surface area contributed by atoms with Crippen molar-refractivity contribution in [2.45, 2.75) is 32.9 Å². The summed E-state index contributed by atoms with van der Waals surface area (Å²) in [6, 6.07) is 5.77. The normalized spacial score (nSPS) is 16.8. The number of carbonyl (C=O) groups excluding carboxylic acids is 1. The van der Waals surface area contributed by atoms with Crippen LogP contribution in [0.3, 0.4) is 0 Å². The summed E-state index contributed by atoms with van der Waals surface area (Å²) in [5, 5.41) is 4.04. The van der Waals surface area contributed by atoms with Crippen LogP contribution in [0.1, 0.15) is 29.4 Å².